The van der Waals surface area contributed by atoms with Crippen LogP contribution >= 0.6 is 0 Å². The second kappa shape index (κ2) is 3.68. The molecule has 0 aliphatic carbocycles. The summed E-state index contributed by atoms with van der Waals surface area (Å²) in [4.78, 5) is 0. The van der Waals surface area contributed by atoms with Crippen molar-refractivity contribution in [2.75, 3.05) is 0 Å². The predicted octanol–water partition coefficient (Wildman–Crippen LogP) is 2.41. The number of halogens is 1. The van der Waals surface area contributed by atoms with E-state index in [-0.39, 0.29) is 18.3 Å². The van der Waals surface area contributed by atoms with Gasteiger partial charge >= 0.3 is 0 Å². The highest BCUT2D eigenvalue weighted by atomic mass is 19.1. The van der Waals surface area contributed by atoms with Gasteiger partial charge in [0, 0.05) is 12.1 Å². The fraction of sp³-hybridized carbons (Fsp3) is 0.400. The summed E-state index contributed by atoms with van der Waals surface area (Å²) >= 11 is 0. The lowest BCUT2D eigenvalue weighted by Gasteiger charge is -2.09. The van der Waals surface area contributed by atoms with E-state index in [4.69, 9.17) is 5.73 Å². The molecule has 12 heavy (non-hydrogen) atoms. The third kappa shape index (κ3) is 1.64. The van der Waals surface area contributed by atoms with Crippen LogP contribution in [-0.2, 0) is 6.54 Å². The van der Waals surface area contributed by atoms with Crippen molar-refractivity contribution in [3.05, 3.63) is 35.1 Å². The molecule has 1 rings (SSSR count). The van der Waals surface area contributed by atoms with Crippen LogP contribution in [0.15, 0.2) is 18.2 Å². The molecule has 0 aliphatic rings. The van der Waals surface area contributed by atoms with Crippen molar-refractivity contribution in [1.29, 1.82) is 0 Å². The van der Waals surface area contributed by atoms with E-state index in [1.54, 1.807) is 12.1 Å². The normalized spacial score (nSPS) is 10.8. The van der Waals surface area contributed by atoms with Crippen molar-refractivity contribution < 1.29 is 4.39 Å². The Morgan fingerprint density at radius 3 is 2.58 bits per heavy atom. The van der Waals surface area contributed by atoms with E-state index in [1.165, 1.54) is 0 Å². The smallest absolute Gasteiger partial charge is 0.131 e. The molecular formula is C10H14FN. The number of nitrogens with two attached hydrogens (primary N) is 1. The molecule has 1 nitrogen and oxygen atoms in total. The lowest BCUT2D eigenvalue weighted by molar-refractivity contribution is 0.583. The highest BCUT2D eigenvalue weighted by Crippen LogP contribution is 2.20. The third-order valence-electron chi connectivity index (χ3n) is 1.95. The Hall–Kier alpha value is -0.890. The molecule has 0 aliphatic heterocycles. The molecule has 0 unspecified atom stereocenters. The zero-order valence-corrected chi connectivity index (χ0v) is 7.47. The van der Waals surface area contributed by atoms with Gasteiger partial charge in [-0.05, 0) is 11.5 Å². The molecule has 0 bridgehead atoms. The third-order valence-corrected chi connectivity index (χ3v) is 1.95. The maximum absolute atomic E-state index is 13.4. The first-order valence-electron chi connectivity index (χ1n) is 4.14. The standard InChI is InChI=1S/C10H14FN/c1-7(2)9-5-3-4-8(6-12)10(9)11/h3-5,7H,6,12H2,1-2H3. The van der Waals surface area contributed by atoms with E-state index in [1.807, 2.05) is 19.9 Å². The minimum Gasteiger partial charge on any atom is -0.326 e. The first-order chi connectivity index (χ1) is 5.66. The maximum Gasteiger partial charge on any atom is 0.131 e. The first-order valence-corrected chi connectivity index (χ1v) is 4.14. The lowest BCUT2D eigenvalue weighted by atomic mass is 10.00. The van der Waals surface area contributed by atoms with Crippen LogP contribution in [0.5, 0.6) is 0 Å². The zero-order valence-electron chi connectivity index (χ0n) is 7.47. The van der Waals surface area contributed by atoms with Crippen molar-refractivity contribution in [1.82, 2.24) is 0 Å². The summed E-state index contributed by atoms with van der Waals surface area (Å²) in [5, 5.41) is 0. The summed E-state index contributed by atoms with van der Waals surface area (Å²) in [5.41, 5.74) is 6.73. The molecule has 0 atom stereocenters. The highest BCUT2D eigenvalue weighted by Gasteiger charge is 2.08. The van der Waals surface area contributed by atoms with Crippen molar-refractivity contribution in [2.45, 2.75) is 26.3 Å². The van der Waals surface area contributed by atoms with Gasteiger partial charge in [0.05, 0.1) is 0 Å². The van der Waals surface area contributed by atoms with Crippen LogP contribution < -0.4 is 5.73 Å². The zero-order chi connectivity index (χ0) is 9.14. The van der Waals surface area contributed by atoms with E-state index in [2.05, 4.69) is 0 Å². The van der Waals surface area contributed by atoms with Crippen molar-refractivity contribution >= 4 is 0 Å². The summed E-state index contributed by atoms with van der Waals surface area (Å²) in [7, 11) is 0. The number of hydrogen-bond acceptors (Lipinski definition) is 1. The summed E-state index contributed by atoms with van der Waals surface area (Å²) in [6, 6.07) is 5.38. The molecule has 0 amide bonds. The minimum absolute atomic E-state index is 0.144. The number of benzene rings is 1. The van der Waals surface area contributed by atoms with Crippen LogP contribution in [0.1, 0.15) is 30.9 Å². The molecule has 1 aromatic carbocycles. The SMILES string of the molecule is CC(C)c1cccc(CN)c1F. The Balaban J connectivity index is 3.14. The van der Waals surface area contributed by atoms with Crippen molar-refractivity contribution in [3.8, 4) is 0 Å². The molecule has 0 fully saturated rings. The molecule has 66 valence electrons. The number of rotatable bonds is 2. The largest absolute Gasteiger partial charge is 0.326 e. The molecular weight excluding hydrogens is 153 g/mol. The minimum atomic E-state index is -0.144. The highest BCUT2D eigenvalue weighted by molar-refractivity contribution is 5.27. The van der Waals surface area contributed by atoms with Crippen molar-refractivity contribution in [3.63, 3.8) is 0 Å². The quantitative estimate of drug-likeness (QED) is 0.719. The van der Waals surface area contributed by atoms with Gasteiger partial charge in [0.25, 0.3) is 0 Å². The average molecular weight is 167 g/mol. The molecule has 0 saturated heterocycles. The number of hydrogen-bond donors (Lipinski definition) is 1. The van der Waals surface area contributed by atoms with Crippen LogP contribution in [0.25, 0.3) is 0 Å². The summed E-state index contributed by atoms with van der Waals surface area (Å²) in [5.74, 6) is 0.0755. The van der Waals surface area contributed by atoms with E-state index in [0.717, 1.165) is 5.56 Å². The van der Waals surface area contributed by atoms with Gasteiger partial charge in [-0.2, -0.15) is 0 Å². The molecule has 0 aromatic heterocycles. The van der Waals surface area contributed by atoms with Gasteiger partial charge in [-0.1, -0.05) is 32.0 Å². The Labute approximate surface area is 72.4 Å². The Morgan fingerprint density at radius 2 is 2.08 bits per heavy atom. The van der Waals surface area contributed by atoms with Gasteiger partial charge in [-0.3, -0.25) is 0 Å². The van der Waals surface area contributed by atoms with Crippen LogP contribution in [-0.4, -0.2) is 0 Å². The summed E-state index contributed by atoms with van der Waals surface area (Å²) < 4.78 is 13.4. The molecule has 1 aromatic rings. The topological polar surface area (TPSA) is 26.0 Å². The molecule has 2 heteroatoms. The molecule has 0 heterocycles. The Morgan fingerprint density at radius 1 is 1.42 bits per heavy atom. The lowest BCUT2D eigenvalue weighted by Crippen LogP contribution is -2.03. The van der Waals surface area contributed by atoms with Gasteiger partial charge < -0.3 is 5.73 Å². The summed E-state index contributed by atoms with van der Waals surface area (Å²) in [6.07, 6.45) is 0. The van der Waals surface area contributed by atoms with E-state index in [9.17, 15) is 4.39 Å². The van der Waals surface area contributed by atoms with Gasteiger partial charge in [0.15, 0.2) is 0 Å². The van der Waals surface area contributed by atoms with Gasteiger partial charge in [0.2, 0.25) is 0 Å². The van der Waals surface area contributed by atoms with Gasteiger partial charge in [0.1, 0.15) is 5.82 Å². The molecule has 0 spiro atoms. The monoisotopic (exact) mass is 167 g/mol. The van der Waals surface area contributed by atoms with Gasteiger partial charge in [-0.25, -0.2) is 4.39 Å². The second-order valence-electron chi connectivity index (χ2n) is 3.18. The first kappa shape index (κ1) is 9.20. The molecule has 0 radical (unpaired) electrons. The van der Waals surface area contributed by atoms with Crippen LogP contribution in [0.4, 0.5) is 4.39 Å². The van der Waals surface area contributed by atoms with E-state index in [0.29, 0.717) is 5.56 Å². The fourth-order valence-corrected chi connectivity index (χ4v) is 1.20. The Bertz CT molecular complexity index is 269. The molecule has 2 N–H and O–H groups in total. The maximum atomic E-state index is 13.4. The van der Waals surface area contributed by atoms with Crippen LogP contribution in [0, 0.1) is 5.82 Å². The second-order valence-corrected chi connectivity index (χ2v) is 3.18. The van der Waals surface area contributed by atoms with E-state index >= 15 is 0 Å². The van der Waals surface area contributed by atoms with E-state index < -0.39 is 0 Å². The van der Waals surface area contributed by atoms with Gasteiger partial charge in [-0.15, -0.1) is 0 Å². The summed E-state index contributed by atoms with van der Waals surface area (Å²) in [6.45, 7) is 4.21. The average Bonchev–Trinajstić information content (AvgIpc) is 2.04. The molecule has 0 saturated carbocycles. The fourth-order valence-electron chi connectivity index (χ4n) is 1.20. The predicted molar refractivity (Wildman–Crippen MR) is 48.4 cm³/mol. The van der Waals surface area contributed by atoms with Crippen LogP contribution in [0.3, 0.4) is 0 Å². The Kier molecular flexibility index (Phi) is 2.82. The van der Waals surface area contributed by atoms with Crippen molar-refractivity contribution in [2.24, 2.45) is 5.73 Å². The van der Waals surface area contributed by atoms with Crippen LogP contribution in [0.2, 0.25) is 0 Å².